The van der Waals surface area contributed by atoms with Gasteiger partial charge in [-0.05, 0) is 31.2 Å². The second-order valence-electron chi connectivity index (χ2n) is 4.78. The summed E-state index contributed by atoms with van der Waals surface area (Å²) in [6, 6.07) is 8.32. The highest BCUT2D eigenvalue weighted by Crippen LogP contribution is 2.22. The van der Waals surface area contributed by atoms with Gasteiger partial charge in [0, 0.05) is 17.1 Å². The maximum absolute atomic E-state index is 13.7. The lowest BCUT2D eigenvalue weighted by molar-refractivity contribution is 0.0924. The first-order valence-corrected chi connectivity index (χ1v) is 6.43. The molecule has 6 heteroatoms. The highest BCUT2D eigenvalue weighted by Gasteiger charge is 2.14. The summed E-state index contributed by atoms with van der Waals surface area (Å²) in [5.41, 5.74) is 3.66. The van der Waals surface area contributed by atoms with E-state index in [-0.39, 0.29) is 11.6 Å². The zero-order valence-electron chi connectivity index (χ0n) is 11.4. The third-order valence-corrected chi connectivity index (χ3v) is 3.48. The van der Waals surface area contributed by atoms with Crippen LogP contribution in [0.3, 0.4) is 0 Å². The summed E-state index contributed by atoms with van der Waals surface area (Å²) in [6.45, 7) is 2.26. The highest BCUT2D eigenvalue weighted by molar-refractivity contribution is 5.91. The summed E-state index contributed by atoms with van der Waals surface area (Å²) < 4.78 is 21.0. The van der Waals surface area contributed by atoms with E-state index in [0.29, 0.717) is 17.7 Å². The predicted octanol–water partition coefficient (Wildman–Crippen LogP) is 2.33. The van der Waals surface area contributed by atoms with Crippen LogP contribution in [0.1, 0.15) is 21.9 Å². The molecule has 2 aromatic heterocycles. The van der Waals surface area contributed by atoms with E-state index >= 15 is 0 Å². The minimum Gasteiger partial charge on any atom is -0.456 e. The van der Waals surface area contributed by atoms with Crippen LogP contribution < -0.4 is 11.3 Å². The Labute approximate surface area is 120 Å². The van der Waals surface area contributed by atoms with E-state index in [1.54, 1.807) is 25.1 Å². The fourth-order valence-corrected chi connectivity index (χ4v) is 2.37. The SMILES string of the molecule is Cc1oc(C(=O)NN)cc1Cn1ccc2c(F)cccc21. The Kier molecular flexibility index (Phi) is 3.23. The van der Waals surface area contributed by atoms with Crippen molar-refractivity contribution in [1.82, 2.24) is 9.99 Å². The lowest BCUT2D eigenvalue weighted by atomic mass is 10.2. The largest absolute Gasteiger partial charge is 0.456 e. The second kappa shape index (κ2) is 5.06. The number of amides is 1. The van der Waals surface area contributed by atoms with Crippen LogP contribution >= 0.6 is 0 Å². The molecule has 2 heterocycles. The van der Waals surface area contributed by atoms with Gasteiger partial charge in [-0.3, -0.25) is 10.2 Å². The molecule has 0 fully saturated rings. The van der Waals surface area contributed by atoms with Crippen LogP contribution in [-0.4, -0.2) is 10.5 Å². The monoisotopic (exact) mass is 287 g/mol. The molecule has 5 nitrogen and oxygen atoms in total. The number of benzene rings is 1. The Morgan fingerprint density at radius 2 is 2.24 bits per heavy atom. The summed E-state index contributed by atoms with van der Waals surface area (Å²) >= 11 is 0. The third-order valence-electron chi connectivity index (χ3n) is 3.48. The zero-order chi connectivity index (χ0) is 15.0. The number of aromatic nitrogens is 1. The smallest absolute Gasteiger partial charge is 0.300 e. The maximum Gasteiger partial charge on any atom is 0.300 e. The molecule has 0 spiro atoms. The first-order valence-electron chi connectivity index (χ1n) is 6.43. The van der Waals surface area contributed by atoms with Gasteiger partial charge < -0.3 is 8.98 Å². The van der Waals surface area contributed by atoms with Gasteiger partial charge in [-0.25, -0.2) is 10.2 Å². The van der Waals surface area contributed by atoms with Crippen molar-refractivity contribution in [3.63, 3.8) is 0 Å². The van der Waals surface area contributed by atoms with Gasteiger partial charge >= 0.3 is 5.91 Å². The van der Waals surface area contributed by atoms with E-state index in [0.717, 1.165) is 11.1 Å². The van der Waals surface area contributed by atoms with Crippen molar-refractivity contribution in [3.8, 4) is 0 Å². The van der Waals surface area contributed by atoms with Crippen molar-refractivity contribution in [1.29, 1.82) is 0 Å². The standard InChI is InChI=1S/C15H14FN3O2/c1-9-10(7-14(21-9)15(20)18-17)8-19-6-5-11-12(16)3-2-4-13(11)19/h2-7H,8,17H2,1H3,(H,18,20). The Hall–Kier alpha value is -2.60. The molecule has 3 N–H and O–H groups in total. The third kappa shape index (κ3) is 2.30. The van der Waals surface area contributed by atoms with Crippen LogP contribution in [0.5, 0.6) is 0 Å². The minimum atomic E-state index is -0.479. The van der Waals surface area contributed by atoms with E-state index in [4.69, 9.17) is 10.3 Å². The van der Waals surface area contributed by atoms with Gasteiger partial charge in [0.1, 0.15) is 11.6 Å². The predicted molar refractivity (Wildman–Crippen MR) is 76.1 cm³/mol. The number of carbonyl (C=O) groups is 1. The lowest BCUT2D eigenvalue weighted by Gasteiger charge is -2.04. The summed E-state index contributed by atoms with van der Waals surface area (Å²) in [5.74, 6) is 5.14. The van der Waals surface area contributed by atoms with Crippen LogP contribution in [-0.2, 0) is 6.54 Å². The van der Waals surface area contributed by atoms with Crippen molar-refractivity contribution in [2.45, 2.75) is 13.5 Å². The molecular formula is C15H14FN3O2. The van der Waals surface area contributed by atoms with E-state index in [9.17, 15) is 9.18 Å². The molecular weight excluding hydrogens is 273 g/mol. The molecule has 0 atom stereocenters. The Morgan fingerprint density at radius 3 is 3.00 bits per heavy atom. The highest BCUT2D eigenvalue weighted by atomic mass is 19.1. The number of halogens is 1. The quantitative estimate of drug-likeness (QED) is 0.441. The van der Waals surface area contributed by atoms with Gasteiger partial charge in [0.25, 0.3) is 0 Å². The number of hydrazine groups is 1. The van der Waals surface area contributed by atoms with E-state index < -0.39 is 5.91 Å². The average Bonchev–Trinajstić information content (AvgIpc) is 3.05. The molecule has 108 valence electrons. The van der Waals surface area contributed by atoms with Crippen LogP contribution in [0, 0.1) is 12.7 Å². The molecule has 0 bridgehead atoms. The molecule has 0 saturated carbocycles. The van der Waals surface area contributed by atoms with Crippen LogP contribution in [0.2, 0.25) is 0 Å². The van der Waals surface area contributed by atoms with Crippen molar-refractivity contribution < 1.29 is 13.6 Å². The van der Waals surface area contributed by atoms with E-state index in [1.807, 2.05) is 22.3 Å². The first-order chi connectivity index (χ1) is 10.1. The van der Waals surface area contributed by atoms with Gasteiger partial charge in [0.2, 0.25) is 0 Å². The van der Waals surface area contributed by atoms with Gasteiger partial charge in [0.15, 0.2) is 5.76 Å². The van der Waals surface area contributed by atoms with Gasteiger partial charge in [-0.2, -0.15) is 0 Å². The Morgan fingerprint density at radius 1 is 1.43 bits per heavy atom. The first kappa shape index (κ1) is 13.4. The summed E-state index contributed by atoms with van der Waals surface area (Å²) in [4.78, 5) is 11.5. The molecule has 21 heavy (non-hydrogen) atoms. The fraction of sp³-hybridized carbons (Fsp3) is 0.133. The minimum absolute atomic E-state index is 0.160. The number of nitrogens with two attached hydrogens (primary N) is 1. The molecule has 0 aliphatic carbocycles. The number of rotatable bonds is 3. The fourth-order valence-electron chi connectivity index (χ4n) is 2.37. The molecule has 3 aromatic rings. The van der Waals surface area contributed by atoms with Crippen molar-refractivity contribution >= 4 is 16.8 Å². The number of hydrogen-bond acceptors (Lipinski definition) is 3. The topological polar surface area (TPSA) is 73.2 Å². The number of furan rings is 1. The van der Waals surface area contributed by atoms with Gasteiger partial charge in [-0.1, -0.05) is 6.07 Å². The zero-order valence-corrected chi connectivity index (χ0v) is 11.4. The second-order valence-corrected chi connectivity index (χ2v) is 4.78. The number of nitrogen functional groups attached to an aromatic ring is 1. The number of nitrogens with one attached hydrogen (secondary N) is 1. The normalized spacial score (nSPS) is 11.0. The lowest BCUT2D eigenvalue weighted by Crippen LogP contribution is -2.29. The van der Waals surface area contributed by atoms with Crippen molar-refractivity contribution in [2.24, 2.45) is 5.84 Å². The number of hydrogen-bond donors (Lipinski definition) is 2. The van der Waals surface area contributed by atoms with E-state index in [2.05, 4.69) is 0 Å². The number of carbonyl (C=O) groups excluding carboxylic acids is 1. The van der Waals surface area contributed by atoms with Crippen molar-refractivity contribution in [3.05, 3.63) is 59.4 Å². The van der Waals surface area contributed by atoms with Crippen LogP contribution in [0.15, 0.2) is 40.9 Å². The van der Waals surface area contributed by atoms with Crippen molar-refractivity contribution in [2.75, 3.05) is 0 Å². The molecule has 0 aliphatic rings. The molecule has 0 saturated heterocycles. The molecule has 0 aliphatic heterocycles. The van der Waals surface area contributed by atoms with Crippen LogP contribution in [0.25, 0.3) is 10.9 Å². The van der Waals surface area contributed by atoms with E-state index in [1.165, 1.54) is 6.07 Å². The summed E-state index contributed by atoms with van der Waals surface area (Å²) in [5, 5.41) is 0.568. The number of fused-ring (bicyclic) bond motifs is 1. The van der Waals surface area contributed by atoms with Gasteiger partial charge in [-0.15, -0.1) is 0 Å². The maximum atomic E-state index is 13.7. The Bertz CT molecular complexity index is 820. The Balaban J connectivity index is 1.97. The molecule has 1 amide bonds. The number of aryl methyl sites for hydroxylation is 1. The molecule has 1 aromatic carbocycles. The number of nitrogens with zero attached hydrogens (tertiary/aromatic N) is 1. The van der Waals surface area contributed by atoms with Gasteiger partial charge in [0.05, 0.1) is 12.1 Å². The molecule has 0 unspecified atom stereocenters. The summed E-state index contributed by atoms with van der Waals surface area (Å²) in [7, 11) is 0. The average molecular weight is 287 g/mol. The molecule has 3 rings (SSSR count). The van der Waals surface area contributed by atoms with Crippen LogP contribution in [0.4, 0.5) is 4.39 Å². The summed E-state index contributed by atoms with van der Waals surface area (Å²) in [6.07, 6.45) is 1.81. The molecule has 0 radical (unpaired) electrons.